The Morgan fingerprint density at radius 2 is 2.20 bits per heavy atom. The van der Waals surface area contributed by atoms with Gasteiger partial charge >= 0.3 is 0 Å². The highest BCUT2D eigenvalue weighted by atomic mass is 16.3. The van der Waals surface area contributed by atoms with Crippen LogP contribution in [0.4, 0.5) is 5.69 Å². The molecule has 0 amide bonds. The maximum Gasteiger partial charge on any atom is 0.0443 e. The fourth-order valence-corrected chi connectivity index (χ4v) is 2.12. The van der Waals surface area contributed by atoms with Crippen molar-refractivity contribution in [2.45, 2.75) is 19.4 Å². The molecular weight excluding hydrogens is 188 g/mol. The summed E-state index contributed by atoms with van der Waals surface area (Å²) in [6.45, 7) is 3.34. The van der Waals surface area contributed by atoms with Crippen LogP contribution in [-0.4, -0.2) is 29.7 Å². The maximum absolute atomic E-state index is 8.79. The van der Waals surface area contributed by atoms with E-state index in [1.54, 1.807) is 0 Å². The van der Waals surface area contributed by atoms with Crippen molar-refractivity contribution >= 4 is 5.69 Å². The van der Waals surface area contributed by atoms with Gasteiger partial charge in [-0.2, -0.15) is 0 Å². The molecule has 0 saturated heterocycles. The van der Waals surface area contributed by atoms with E-state index >= 15 is 0 Å². The van der Waals surface area contributed by atoms with Crippen LogP contribution in [0.3, 0.4) is 0 Å². The average Bonchev–Trinajstić information content (AvgIpc) is 2.26. The van der Waals surface area contributed by atoms with Crippen LogP contribution in [0.5, 0.6) is 0 Å². The summed E-state index contributed by atoms with van der Waals surface area (Å²) in [5.41, 5.74) is 9.38. The van der Waals surface area contributed by atoms with Crippen molar-refractivity contribution in [2.75, 3.05) is 25.4 Å². The van der Waals surface area contributed by atoms with Crippen LogP contribution in [-0.2, 0) is 13.0 Å². The van der Waals surface area contributed by atoms with Gasteiger partial charge in [0.05, 0.1) is 0 Å². The minimum Gasteiger partial charge on any atom is -0.399 e. The number of nitrogens with two attached hydrogens (primary N) is 1. The minimum absolute atomic E-state index is 0.283. The van der Waals surface area contributed by atoms with Crippen molar-refractivity contribution in [3.05, 3.63) is 29.3 Å². The number of hydrogen-bond acceptors (Lipinski definition) is 3. The smallest absolute Gasteiger partial charge is 0.0443 e. The Bertz CT molecular complexity index is 338. The van der Waals surface area contributed by atoms with Crippen molar-refractivity contribution in [1.29, 1.82) is 0 Å². The first-order chi connectivity index (χ1) is 7.29. The quantitative estimate of drug-likeness (QED) is 0.726. The third kappa shape index (κ3) is 2.49. The number of rotatable bonds is 3. The number of fused-ring (bicyclic) bond motifs is 1. The number of hydrogen-bond donors (Lipinski definition) is 2. The van der Waals surface area contributed by atoms with E-state index in [1.807, 2.05) is 6.07 Å². The van der Waals surface area contributed by atoms with Gasteiger partial charge in [-0.05, 0) is 36.1 Å². The molecule has 1 aliphatic heterocycles. The van der Waals surface area contributed by atoms with Crippen LogP contribution in [0, 0.1) is 0 Å². The normalized spacial score (nSPS) is 16.3. The lowest BCUT2D eigenvalue weighted by Gasteiger charge is -2.28. The number of aliphatic hydroxyl groups is 1. The summed E-state index contributed by atoms with van der Waals surface area (Å²) in [6.07, 6.45) is 1.94. The molecule has 1 aromatic rings. The van der Waals surface area contributed by atoms with Gasteiger partial charge < -0.3 is 10.8 Å². The third-order valence-electron chi connectivity index (χ3n) is 2.95. The van der Waals surface area contributed by atoms with E-state index in [0.29, 0.717) is 0 Å². The predicted molar refractivity (Wildman–Crippen MR) is 61.5 cm³/mol. The molecule has 3 nitrogen and oxygen atoms in total. The lowest BCUT2D eigenvalue weighted by atomic mass is 9.99. The van der Waals surface area contributed by atoms with Crippen LogP contribution in [0.15, 0.2) is 18.2 Å². The molecule has 1 heterocycles. The van der Waals surface area contributed by atoms with E-state index in [9.17, 15) is 0 Å². The molecule has 1 aliphatic rings. The Hall–Kier alpha value is -1.06. The number of nitrogen functional groups attached to an aromatic ring is 1. The van der Waals surface area contributed by atoms with Gasteiger partial charge in [0.2, 0.25) is 0 Å². The van der Waals surface area contributed by atoms with E-state index in [1.165, 1.54) is 11.1 Å². The highest BCUT2D eigenvalue weighted by molar-refractivity contribution is 5.45. The SMILES string of the molecule is Nc1ccc2c(c1)CCN(CCCO)C2. The Kier molecular flexibility index (Phi) is 3.23. The van der Waals surface area contributed by atoms with E-state index < -0.39 is 0 Å². The summed E-state index contributed by atoms with van der Waals surface area (Å²) in [5.74, 6) is 0. The average molecular weight is 206 g/mol. The number of nitrogens with zero attached hydrogens (tertiary/aromatic N) is 1. The van der Waals surface area contributed by atoms with Gasteiger partial charge in [0, 0.05) is 31.9 Å². The first kappa shape index (κ1) is 10.5. The van der Waals surface area contributed by atoms with E-state index in [4.69, 9.17) is 10.8 Å². The van der Waals surface area contributed by atoms with Crippen LogP contribution < -0.4 is 5.73 Å². The van der Waals surface area contributed by atoms with Gasteiger partial charge in [-0.15, -0.1) is 0 Å². The van der Waals surface area contributed by atoms with Crippen LogP contribution in [0.1, 0.15) is 17.5 Å². The maximum atomic E-state index is 8.79. The Balaban J connectivity index is 2.03. The van der Waals surface area contributed by atoms with Crippen molar-refractivity contribution in [3.63, 3.8) is 0 Å². The summed E-state index contributed by atoms with van der Waals surface area (Å²) < 4.78 is 0. The molecular formula is C12H18N2O. The molecule has 0 unspecified atom stereocenters. The second-order valence-corrected chi connectivity index (χ2v) is 4.13. The van der Waals surface area contributed by atoms with Gasteiger partial charge in [0.25, 0.3) is 0 Å². The fraction of sp³-hybridized carbons (Fsp3) is 0.500. The van der Waals surface area contributed by atoms with Crippen molar-refractivity contribution in [2.24, 2.45) is 0 Å². The lowest BCUT2D eigenvalue weighted by molar-refractivity contribution is 0.212. The minimum atomic E-state index is 0.283. The summed E-state index contributed by atoms with van der Waals surface area (Å²) in [6, 6.07) is 6.17. The second-order valence-electron chi connectivity index (χ2n) is 4.13. The molecule has 0 radical (unpaired) electrons. The molecule has 0 atom stereocenters. The van der Waals surface area contributed by atoms with Crippen molar-refractivity contribution in [1.82, 2.24) is 4.90 Å². The first-order valence-electron chi connectivity index (χ1n) is 5.50. The van der Waals surface area contributed by atoms with Crippen molar-refractivity contribution < 1.29 is 5.11 Å². The Labute approximate surface area is 90.5 Å². The summed E-state index contributed by atoms with van der Waals surface area (Å²) >= 11 is 0. The molecule has 3 N–H and O–H groups in total. The van der Waals surface area contributed by atoms with Crippen LogP contribution >= 0.6 is 0 Å². The zero-order valence-corrected chi connectivity index (χ0v) is 8.95. The van der Waals surface area contributed by atoms with Crippen LogP contribution in [0.2, 0.25) is 0 Å². The van der Waals surface area contributed by atoms with Gasteiger partial charge in [0.15, 0.2) is 0 Å². The predicted octanol–water partition coefficient (Wildman–Crippen LogP) is 1.01. The molecule has 2 rings (SSSR count). The second kappa shape index (κ2) is 4.64. The van der Waals surface area contributed by atoms with E-state index in [-0.39, 0.29) is 6.61 Å². The highest BCUT2D eigenvalue weighted by Crippen LogP contribution is 2.21. The topological polar surface area (TPSA) is 49.5 Å². The number of aliphatic hydroxyl groups excluding tert-OH is 1. The van der Waals surface area contributed by atoms with E-state index in [2.05, 4.69) is 17.0 Å². The van der Waals surface area contributed by atoms with Crippen molar-refractivity contribution in [3.8, 4) is 0 Å². The Morgan fingerprint density at radius 3 is 3.00 bits per heavy atom. The van der Waals surface area contributed by atoms with Gasteiger partial charge in [0.1, 0.15) is 0 Å². The first-order valence-corrected chi connectivity index (χ1v) is 5.50. The number of anilines is 1. The molecule has 0 bridgehead atoms. The molecule has 0 saturated carbocycles. The summed E-state index contributed by atoms with van der Waals surface area (Å²) in [5, 5.41) is 8.79. The Morgan fingerprint density at radius 1 is 1.33 bits per heavy atom. The zero-order valence-electron chi connectivity index (χ0n) is 8.95. The standard InChI is InChI=1S/C12H18N2O/c13-12-3-2-11-9-14(5-1-7-15)6-4-10(11)8-12/h2-3,8,15H,1,4-7,9,13H2. The highest BCUT2D eigenvalue weighted by Gasteiger charge is 2.15. The fourth-order valence-electron chi connectivity index (χ4n) is 2.12. The monoisotopic (exact) mass is 206 g/mol. The molecule has 0 spiro atoms. The largest absolute Gasteiger partial charge is 0.399 e. The summed E-state index contributed by atoms with van der Waals surface area (Å²) in [4.78, 5) is 2.38. The van der Waals surface area contributed by atoms with E-state index in [0.717, 1.165) is 38.2 Å². The van der Waals surface area contributed by atoms with Gasteiger partial charge in [-0.3, -0.25) is 4.90 Å². The molecule has 0 fully saturated rings. The molecule has 0 aromatic heterocycles. The lowest BCUT2D eigenvalue weighted by Crippen LogP contribution is -2.31. The van der Waals surface area contributed by atoms with Crippen LogP contribution in [0.25, 0.3) is 0 Å². The third-order valence-corrected chi connectivity index (χ3v) is 2.95. The zero-order chi connectivity index (χ0) is 10.7. The summed E-state index contributed by atoms with van der Waals surface area (Å²) in [7, 11) is 0. The number of benzene rings is 1. The molecule has 1 aromatic carbocycles. The van der Waals surface area contributed by atoms with Gasteiger partial charge in [-0.1, -0.05) is 6.07 Å². The molecule has 0 aliphatic carbocycles. The molecule has 15 heavy (non-hydrogen) atoms. The van der Waals surface area contributed by atoms with Gasteiger partial charge in [-0.25, -0.2) is 0 Å². The molecule has 3 heteroatoms. The molecule has 82 valence electrons.